The molecule has 0 bridgehead atoms. The molecule has 2 aromatic rings. The summed E-state index contributed by atoms with van der Waals surface area (Å²) in [7, 11) is -3.22. The average Bonchev–Trinajstić information content (AvgIpc) is 2.78. The first kappa shape index (κ1) is 14.8. The maximum atomic E-state index is 10.9. The van der Waals surface area contributed by atoms with Crippen molar-refractivity contribution < 1.29 is 13.3 Å². The summed E-state index contributed by atoms with van der Waals surface area (Å²) in [5, 5.41) is 11.6. The molecular formula is C10H12N4O4S2. The van der Waals surface area contributed by atoms with E-state index in [-0.39, 0.29) is 12.4 Å². The van der Waals surface area contributed by atoms with Crippen LogP contribution in [0, 0.1) is 10.1 Å². The van der Waals surface area contributed by atoms with E-state index in [0.717, 1.165) is 6.26 Å². The highest BCUT2D eigenvalue weighted by Crippen LogP contribution is 2.24. The minimum Gasteiger partial charge on any atom is -0.358 e. The number of aromatic nitrogens is 2. The van der Waals surface area contributed by atoms with Gasteiger partial charge in [-0.2, -0.15) is 4.40 Å². The number of hydrogen-bond acceptors (Lipinski definition) is 6. The normalized spacial score (nSPS) is 11.8. The van der Waals surface area contributed by atoms with Gasteiger partial charge in [0.05, 0.1) is 6.26 Å². The Morgan fingerprint density at radius 1 is 1.50 bits per heavy atom. The van der Waals surface area contributed by atoms with Gasteiger partial charge in [0.15, 0.2) is 5.03 Å². The third-order valence-electron chi connectivity index (χ3n) is 2.38. The number of imidazole rings is 1. The Bertz CT molecular complexity index is 741. The zero-order chi connectivity index (χ0) is 14.8. The first-order valence-electron chi connectivity index (χ1n) is 5.57. The lowest BCUT2D eigenvalue weighted by Crippen LogP contribution is -2.24. The Labute approximate surface area is 119 Å². The van der Waals surface area contributed by atoms with Gasteiger partial charge < -0.3 is 10.1 Å². The number of thioether (sulfide) groups is 1. The van der Waals surface area contributed by atoms with Crippen LogP contribution in [0.5, 0.6) is 0 Å². The van der Waals surface area contributed by atoms with Gasteiger partial charge in [0.2, 0.25) is 15.7 Å². The number of hydrogen-bond donors (Lipinski definition) is 1. The van der Waals surface area contributed by atoms with E-state index in [9.17, 15) is 18.5 Å². The zero-order valence-corrected chi connectivity index (χ0v) is 12.1. The molecular weight excluding hydrogens is 304 g/mol. The Morgan fingerprint density at radius 2 is 2.25 bits per heavy atom. The molecule has 0 unspecified atom stereocenters. The Morgan fingerprint density at radius 3 is 2.90 bits per heavy atom. The van der Waals surface area contributed by atoms with Crippen molar-refractivity contribution in [3.8, 4) is 0 Å². The molecule has 2 heterocycles. The minimum absolute atomic E-state index is 0.112. The quantitative estimate of drug-likeness (QED) is 0.367. The second-order valence-electron chi connectivity index (χ2n) is 3.95. The van der Waals surface area contributed by atoms with Crippen LogP contribution in [-0.2, 0) is 10.0 Å². The summed E-state index contributed by atoms with van der Waals surface area (Å²) in [5.41, 5.74) is 0.484. The van der Waals surface area contributed by atoms with Crippen LogP contribution in [0.15, 0.2) is 29.4 Å². The standard InChI is InChI=1S/C10H12N4O4S2/c1-20(17,18)12-5-6-19-10-4-2-3-8-11-7-9(13(8)10)14(15)16/h2-4,7,12H,5-6H2,1H3. The van der Waals surface area contributed by atoms with Crippen LogP contribution in [0.1, 0.15) is 0 Å². The van der Waals surface area contributed by atoms with Crippen molar-refractivity contribution >= 4 is 33.3 Å². The number of rotatable bonds is 6. The van der Waals surface area contributed by atoms with E-state index in [4.69, 9.17) is 0 Å². The highest BCUT2D eigenvalue weighted by atomic mass is 32.2. The molecule has 10 heteroatoms. The fourth-order valence-electron chi connectivity index (χ4n) is 1.62. The summed E-state index contributed by atoms with van der Waals surface area (Å²) >= 11 is 1.32. The molecule has 1 N–H and O–H groups in total. The van der Waals surface area contributed by atoms with Crippen LogP contribution < -0.4 is 4.72 Å². The average molecular weight is 316 g/mol. The maximum Gasteiger partial charge on any atom is 0.348 e. The molecule has 0 saturated carbocycles. The van der Waals surface area contributed by atoms with Gasteiger partial charge in [0.25, 0.3) is 0 Å². The molecule has 0 fully saturated rings. The van der Waals surface area contributed by atoms with Crippen LogP contribution >= 0.6 is 11.8 Å². The van der Waals surface area contributed by atoms with E-state index in [2.05, 4.69) is 9.71 Å². The van der Waals surface area contributed by atoms with E-state index in [1.165, 1.54) is 22.4 Å². The van der Waals surface area contributed by atoms with Gasteiger partial charge in [0, 0.05) is 18.4 Å². The minimum atomic E-state index is -3.22. The summed E-state index contributed by atoms with van der Waals surface area (Å²) in [4.78, 5) is 14.4. The number of nitrogens with one attached hydrogen (secondary N) is 1. The first-order chi connectivity index (χ1) is 9.38. The lowest BCUT2D eigenvalue weighted by molar-refractivity contribution is -0.390. The lowest BCUT2D eigenvalue weighted by atomic mass is 10.5. The number of nitrogens with zero attached hydrogens (tertiary/aromatic N) is 3. The molecule has 0 radical (unpaired) electrons. The molecule has 0 spiro atoms. The third kappa shape index (κ3) is 3.46. The lowest BCUT2D eigenvalue weighted by Gasteiger charge is -2.03. The molecule has 0 atom stereocenters. The highest BCUT2D eigenvalue weighted by Gasteiger charge is 2.17. The van der Waals surface area contributed by atoms with Gasteiger partial charge >= 0.3 is 5.82 Å². The van der Waals surface area contributed by atoms with E-state index < -0.39 is 14.9 Å². The second kappa shape index (κ2) is 5.77. The van der Waals surface area contributed by atoms with Crippen molar-refractivity contribution in [1.82, 2.24) is 14.1 Å². The number of pyridine rings is 1. The fraction of sp³-hybridized carbons (Fsp3) is 0.300. The highest BCUT2D eigenvalue weighted by molar-refractivity contribution is 7.99. The fourth-order valence-corrected chi connectivity index (χ4v) is 3.12. The third-order valence-corrected chi connectivity index (χ3v) is 4.13. The van der Waals surface area contributed by atoms with Crippen molar-refractivity contribution in [2.24, 2.45) is 0 Å². The molecule has 2 rings (SSSR count). The molecule has 0 aliphatic heterocycles. The first-order valence-corrected chi connectivity index (χ1v) is 8.44. The van der Waals surface area contributed by atoms with Gasteiger partial charge in [0.1, 0.15) is 6.20 Å². The summed E-state index contributed by atoms with van der Waals surface area (Å²) in [6.45, 7) is 0.252. The number of nitro groups is 1. The van der Waals surface area contributed by atoms with Gasteiger partial charge in [-0.05, 0) is 11.0 Å². The van der Waals surface area contributed by atoms with E-state index in [1.54, 1.807) is 18.2 Å². The van der Waals surface area contributed by atoms with Crippen molar-refractivity contribution in [2.45, 2.75) is 5.03 Å². The van der Waals surface area contributed by atoms with E-state index in [0.29, 0.717) is 16.4 Å². The van der Waals surface area contributed by atoms with Gasteiger partial charge in [-0.3, -0.25) is 0 Å². The van der Waals surface area contributed by atoms with Crippen molar-refractivity contribution in [2.75, 3.05) is 18.6 Å². The van der Waals surface area contributed by atoms with Crippen LogP contribution in [0.2, 0.25) is 0 Å². The molecule has 0 aliphatic carbocycles. The molecule has 8 nitrogen and oxygen atoms in total. The maximum absolute atomic E-state index is 10.9. The Hall–Kier alpha value is -1.65. The topological polar surface area (TPSA) is 107 Å². The number of fused-ring (bicyclic) bond motifs is 1. The van der Waals surface area contributed by atoms with Gasteiger partial charge in [-0.1, -0.05) is 17.8 Å². The van der Waals surface area contributed by atoms with Crippen LogP contribution in [-0.4, -0.2) is 41.3 Å². The molecule has 0 amide bonds. The predicted octanol–water partition coefficient (Wildman–Crippen LogP) is 0.884. The Balaban J connectivity index is 2.17. The summed E-state index contributed by atoms with van der Waals surface area (Å²) in [6, 6.07) is 5.15. The molecule has 0 aromatic carbocycles. The van der Waals surface area contributed by atoms with Gasteiger partial charge in [-0.25, -0.2) is 18.1 Å². The van der Waals surface area contributed by atoms with E-state index in [1.807, 2.05) is 0 Å². The van der Waals surface area contributed by atoms with E-state index >= 15 is 0 Å². The van der Waals surface area contributed by atoms with Crippen LogP contribution in [0.3, 0.4) is 0 Å². The molecule has 108 valence electrons. The van der Waals surface area contributed by atoms with Crippen molar-refractivity contribution in [1.29, 1.82) is 0 Å². The van der Waals surface area contributed by atoms with Crippen LogP contribution in [0.4, 0.5) is 5.82 Å². The van der Waals surface area contributed by atoms with Crippen molar-refractivity contribution in [3.05, 3.63) is 34.5 Å². The summed E-state index contributed by atoms with van der Waals surface area (Å²) < 4.78 is 25.7. The van der Waals surface area contributed by atoms with Gasteiger partial charge in [-0.15, -0.1) is 0 Å². The monoisotopic (exact) mass is 316 g/mol. The zero-order valence-electron chi connectivity index (χ0n) is 10.5. The molecule has 0 aliphatic rings. The SMILES string of the molecule is CS(=O)(=O)NCCSc1cccc2ncc([N+](=O)[O-])n12. The second-order valence-corrected chi connectivity index (χ2v) is 6.89. The summed E-state index contributed by atoms with van der Waals surface area (Å²) in [5.74, 6) is 0.348. The largest absolute Gasteiger partial charge is 0.358 e. The van der Waals surface area contributed by atoms with Crippen molar-refractivity contribution in [3.63, 3.8) is 0 Å². The molecule has 20 heavy (non-hydrogen) atoms. The summed E-state index contributed by atoms with van der Waals surface area (Å²) in [6.07, 6.45) is 2.28. The molecule has 2 aromatic heterocycles. The molecule has 0 saturated heterocycles. The number of sulfonamides is 1. The Kier molecular flexibility index (Phi) is 4.26. The van der Waals surface area contributed by atoms with Crippen LogP contribution in [0.25, 0.3) is 5.65 Å². The predicted molar refractivity (Wildman–Crippen MR) is 75.4 cm³/mol. The smallest absolute Gasteiger partial charge is 0.348 e.